The summed E-state index contributed by atoms with van der Waals surface area (Å²) in [4.78, 5) is 13.1. The molecule has 380 valence electrons. The average molecular weight is 944 g/mol. The van der Waals surface area contributed by atoms with Gasteiger partial charge in [-0.25, -0.2) is 4.18 Å². The van der Waals surface area contributed by atoms with Crippen LogP contribution < -0.4 is 5.32 Å². The van der Waals surface area contributed by atoms with Gasteiger partial charge in [0.1, 0.15) is 30.5 Å². The van der Waals surface area contributed by atoms with Crippen LogP contribution in [0.1, 0.15) is 206 Å². The lowest BCUT2D eigenvalue weighted by atomic mass is 9.99. The lowest BCUT2D eigenvalue weighted by molar-refractivity contribution is -0.298. The molecule has 0 saturated carbocycles. The fourth-order valence-corrected chi connectivity index (χ4v) is 8.35. The molecule has 1 amide bonds. The topological polar surface area (TPSA) is 212 Å². The first kappa shape index (κ1) is 61.0. The molecule has 0 spiro atoms. The number of hydrogen-bond acceptors (Lipinski definition) is 11. The number of ether oxygens (including phenoxy) is 2. The number of aliphatic hydroxyl groups is 5. The standard InChI is InChI=1S/C51H93NO12S/c1-3-5-7-9-11-13-15-17-19-20-21-22-23-24-26-28-30-32-34-36-38-40-45(55)50(58)52-43(42-62-51-48(57)49(64-65(59,60)61)47(56)46(41-53)63-51)44(54)39-37-35-33-31-29-27-25-18-16-14-12-10-8-6-4-2/h16,18,23-24,29,31,37,39,43-49,51,53-57H,3-15,17,19-22,25-28,30,32-36,38,40-42H2,1-2H3,(H,52,58)(H,59,60,61)/b18-16+,24-23-,31-29+,39-37+. The highest BCUT2D eigenvalue weighted by Crippen LogP contribution is 2.26. The second-order valence-electron chi connectivity index (χ2n) is 17.9. The van der Waals surface area contributed by atoms with Crippen molar-refractivity contribution in [3.63, 3.8) is 0 Å². The molecule has 8 atom stereocenters. The first-order valence-electron chi connectivity index (χ1n) is 25.6. The van der Waals surface area contributed by atoms with Crippen LogP contribution in [-0.2, 0) is 28.9 Å². The number of rotatable bonds is 43. The molecule has 0 aromatic carbocycles. The molecular weight excluding hydrogens is 851 g/mol. The monoisotopic (exact) mass is 944 g/mol. The molecule has 0 aliphatic carbocycles. The fraction of sp³-hybridized carbons (Fsp3) is 0.824. The highest BCUT2D eigenvalue weighted by atomic mass is 32.3. The highest BCUT2D eigenvalue weighted by molar-refractivity contribution is 7.80. The predicted molar refractivity (Wildman–Crippen MR) is 260 cm³/mol. The first-order valence-corrected chi connectivity index (χ1v) is 27.0. The zero-order chi connectivity index (χ0) is 47.8. The summed E-state index contributed by atoms with van der Waals surface area (Å²) >= 11 is 0. The Morgan fingerprint density at radius 1 is 0.615 bits per heavy atom. The van der Waals surface area contributed by atoms with Crippen molar-refractivity contribution in [3.05, 3.63) is 48.6 Å². The van der Waals surface area contributed by atoms with Crippen molar-refractivity contribution < 1.29 is 57.0 Å². The third-order valence-electron chi connectivity index (χ3n) is 11.9. The van der Waals surface area contributed by atoms with E-state index in [9.17, 15) is 43.3 Å². The minimum atomic E-state index is -5.13. The first-order chi connectivity index (χ1) is 31.4. The molecule has 1 aliphatic rings. The van der Waals surface area contributed by atoms with Crippen molar-refractivity contribution in [2.24, 2.45) is 0 Å². The smallest absolute Gasteiger partial charge is 0.394 e. The number of carbonyl (C=O) groups excluding carboxylic acids is 1. The molecule has 0 radical (unpaired) electrons. The zero-order valence-corrected chi connectivity index (χ0v) is 41.2. The Morgan fingerprint density at radius 2 is 1.03 bits per heavy atom. The highest BCUT2D eigenvalue weighted by Gasteiger charge is 2.48. The van der Waals surface area contributed by atoms with Gasteiger partial charge in [0.15, 0.2) is 6.29 Å². The van der Waals surface area contributed by atoms with Crippen LogP contribution in [0.4, 0.5) is 0 Å². The summed E-state index contributed by atoms with van der Waals surface area (Å²) < 4.78 is 47.6. The summed E-state index contributed by atoms with van der Waals surface area (Å²) in [6.45, 7) is 3.19. The maximum Gasteiger partial charge on any atom is 0.397 e. The molecular formula is C51H93NO12S. The van der Waals surface area contributed by atoms with E-state index in [0.29, 0.717) is 12.8 Å². The Kier molecular flexibility index (Phi) is 38.5. The van der Waals surface area contributed by atoms with Crippen LogP contribution in [0.5, 0.6) is 0 Å². The van der Waals surface area contributed by atoms with Crippen molar-refractivity contribution in [1.82, 2.24) is 5.32 Å². The van der Waals surface area contributed by atoms with E-state index in [1.807, 2.05) is 0 Å². The predicted octanol–water partition coefficient (Wildman–Crippen LogP) is 9.80. The van der Waals surface area contributed by atoms with Gasteiger partial charge in [0.2, 0.25) is 5.91 Å². The molecule has 14 heteroatoms. The van der Waals surface area contributed by atoms with Gasteiger partial charge < -0.3 is 40.3 Å². The van der Waals surface area contributed by atoms with Crippen LogP contribution in [0.2, 0.25) is 0 Å². The molecule has 0 aromatic rings. The van der Waals surface area contributed by atoms with Gasteiger partial charge in [-0.2, -0.15) is 8.42 Å². The molecule has 65 heavy (non-hydrogen) atoms. The van der Waals surface area contributed by atoms with E-state index in [-0.39, 0.29) is 6.42 Å². The molecule has 7 N–H and O–H groups in total. The van der Waals surface area contributed by atoms with E-state index in [0.717, 1.165) is 70.6 Å². The van der Waals surface area contributed by atoms with E-state index in [4.69, 9.17) is 9.47 Å². The molecule has 8 unspecified atom stereocenters. The summed E-state index contributed by atoms with van der Waals surface area (Å²) in [6.07, 6.45) is 39.1. The van der Waals surface area contributed by atoms with E-state index in [1.165, 1.54) is 109 Å². The average Bonchev–Trinajstić information content (AvgIpc) is 3.28. The maximum atomic E-state index is 13.1. The van der Waals surface area contributed by atoms with Crippen molar-refractivity contribution >= 4 is 16.3 Å². The number of unbranched alkanes of at least 4 members (excludes halogenated alkanes) is 24. The van der Waals surface area contributed by atoms with Gasteiger partial charge in [-0.3, -0.25) is 9.35 Å². The minimum Gasteiger partial charge on any atom is -0.394 e. The number of nitrogens with one attached hydrogen (secondary N) is 1. The van der Waals surface area contributed by atoms with Gasteiger partial charge in [0.05, 0.1) is 25.4 Å². The zero-order valence-electron chi connectivity index (χ0n) is 40.4. The lowest BCUT2D eigenvalue weighted by Gasteiger charge is -2.41. The summed E-state index contributed by atoms with van der Waals surface area (Å²) in [6, 6.07) is -1.15. The van der Waals surface area contributed by atoms with E-state index in [1.54, 1.807) is 6.08 Å². The molecule has 1 fully saturated rings. The Bertz CT molecular complexity index is 1360. The summed E-state index contributed by atoms with van der Waals surface area (Å²) in [5.41, 5.74) is 0. The van der Waals surface area contributed by atoms with Crippen molar-refractivity contribution in [3.8, 4) is 0 Å². The maximum absolute atomic E-state index is 13.1. The molecule has 13 nitrogen and oxygen atoms in total. The van der Waals surface area contributed by atoms with E-state index >= 15 is 0 Å². The van der Waals surface area contributed by atoms with Gasteiger partial charge in [-0.1, -0.05) is 184 Å². The quantitative estimate of drug-likeness (QED) is 0.0173. The van der Waals surface area contributed by atoms with Gasteiger partial charge in [0.25, 0.3) is 0 Å². The normalized spacial score (nSPS) is 21.0. The van der Waals surface area contributed by atoms with Crippen LogP contribution in [0, 0.1) is 0 Å². The van der Waals surface area contributed by atoms with Crippen LogP contribution in [-0.4, -0.2) is 107 Å². The molecule has 0 aromatic heterocycles. The Labute approximate surface area is 394 Å². The summed E-state index contributed by atoms with van der Waals surface area (Å²) in [7, 11) is -5.13. The Morgan fingerprint density at radius 3 is 1.48 bits per heavy atom. The Hall–Kier alpha value is -1.98. The van der Waals surface area contributed by atoms with E-state index in [2.05, 4.69) is 59.8 Å². The van der Waals surface area contributed by atoms with Crippen LogP contribution in [0.25, 0.3) is 0 Å². The molecule has 1 aliphatic heterocycles. The summed E-state index contributed by atoms with van der Waals surface area (Å²) in [5.74, 6) is -0.721. The SMILES string of the molecule is CCCCCCC/C=C/CC/C=C/CC/C=C/C(O)C(COC1OC(CO)C(O)C(OS(=O)(=O)O)C1O)NC(=O)C(O)CCCCCCCC/C=C\CCCCCCCCCCCCC. The molecule has 1 rings (SSSR count). The van der Waals surface area contributed by atoms with Gasteiger partial charge in [-0.15, -0.1) is 0 Å². The Balaban J connectivity index is 2.53. The number of carbonyl (C=O) groups is 1. The number of aliphatic hydroxyl groups excluding tert-OH is 5. The van der Waals surface area contributed by atoms with Gasteiger partial charge >= 0.3 is 10.4 Å². The molecule has 1 heterocycles. The summed E-state index contributed by atoms with van der Waals surface area (Å²) in [5, 5.41) is 55.3. The number of hydrogen-bond donors (Lipinski definition) is 7. The third kappa shape index (κ3) is 33.2. The lowest BCUT2D eigenvalue weighted by Crippen LogP contribution is -2.61. The van der Waals surface area contributed by atoms with Crippen molar-refractivity contribution in [2.75, 3.05) is 13.2 Å². The van der Waals surface area contributed by atoms with Crippen LogP contribution in [0.3, 0.4) is 0 Å². The third-order valence-corrected chi connectivity index (χ3v) is 12.4. The van der Waals surface area contributed by atoms with Gasteiger partial charge in [-0.05, 0) is 70.6 Å². The van der Waals surface area contributed by atoms with Crippen molar-refractivity contribution in [2.45, 2.75) is 255 Å². The fourth-order valence-electron chi connectivity index (χ4n) is 7.84. The van der Waals surface area contributed by atoms with Crippen molar-refractivity contribution in [1.29, 1.82) is 0 Å². The van der Waals surface area contributed by atoms with Crippen LogP contribution >= 0.6 is 0 Å². The largest absolute Gasteiger partial charge is 0.397 e. The van der Waals surface area contributed by atoms with Gasteiger partial charge in [0, 0.05) is 0 Å². The second kappa shape index (κ2) is 41.0. The number of amides is 1. The van der Waals surface area contributed by atoms with E-state index < -0.39 is 78.5 Å². The second-order valence-corrected chi connectivity index (χ2v) is 18.9. The minimum absolute atomic E-state index is 0.226. The number of allylic oxidation sites excluding steroid dienone is 7. The molecule has 0 bridgehead atoms. The van der Waals surface area contributed by atoms with Crippen LogP contribution in [0.15, 0.2) is 48.6 Å². The molecule has 1 saturated heterocycles.